The molecule has 1 unspecified atom stereocenters. The lowest BCUT2D eigenvalue weighted by Gasteiger charge is -2.28. The molecule has 39 heavy (non-hydrogen) atoms. The third kappa shape index (κ3) is 10.6. The van der Waals surface area contributed by atoms with Gasteiger partial charge in [0.2, 0.25) is 0 Å². The molecule has 214 valence electrons. The predicted molar refractivity (Wildman–Crippen MR) is 164 cm³/mol. The minimum absolute atomic E-state index is 0.00908. The van der Waals surface area contributed by atoms with Crippen molar-refractivity contribution < 1.29 is 14.6 Å². The third-order valence-corrected chi connectivity index (χ3v) is 8.80. The first-order valence-corrected chi connectivity index (χ1v) is 15.5. The third-order valence-electron chi connectivity index (χ3n) is 8.80. The van der Waals surface area contributed by atoms with E-state index < -0.39 is 0 Å². The molecule has 1 aliphatic carbocycles. The number of aliphatic hydroxyl groups is 1. The van der Waals surface area contributed by atoms with Gasteiger partial charge < -0.3 is 9.84 Å². The summed E-state index contributed by atoms with van der Waals surface area (Å²) in [5.74, 6) is 1.50. The number of aliphatic hydroxyl groups excluding tert-OH is 1. The van der Waals surface area contributed by atoms with Crippen LogP contribution in [0.25, 0.3) is 11.1 Å². The van der Waals surface area contributed by atoms with E-state index in [1.54, 1.807) is 6.92 Å². The highest BCUT2D eigenvalue weighted by atomic mass is 16.5. The van der Waals surface area contributed by atoms with E-state index in [-0.39, 0.29) is 25.1 Å². The molecule has 1 fully saturated rings. The number of rotatable bonds is 15. The average molecular weight is 533 g/mol. The molecule has 2 aromatic carbocycles. The maximum Gasteiger partial charge on any atom is 0.333 e. The zero-order chi connectivity index (χ0) is 28.0. The highest BCUT2D eigenvalue weighted by Crippen LogP contribution is 2.34. The second-order valence-electron chi connectivity index (χ2n) is 12.1. The van der Waals surface area contributed by atoms with Crippen molar-refractivity contribution in [1.82, 2.24) is 0 Å². The smallest absolute Gasteiger partial charge is 0.333 e. The quantitative estimate of drug-likeness (QED) is 0.141. The summed E-state index contributed by atoms with van der Waals surface area (Å²) in [6.07, 6.45) is 16.0. The van der Waals surface area contributed by atoms with Gasteiger partial charge in [0.05, 0.1) is 6.61 Å². The van der Waals surface area contributed by atoms with Crippen molar-refractivity contribution in [3.8, 4) is 11.1 Å². The van der Waals surface area contributed by atoms with Crippen LogP contribution in [0.3, 0.4) is 0 Å². The highest BCUT2D eigenvalue weighted by molar-refractivity contribution is 5.88. The van der Waals surface area contributed by atoms with Gasteiger partial charge in [-0.2, -0.15) is 0 Å². The van der Waals surface area contributed by atoms with Crippen LogP contribution < -0.4 is 0 Å². The Morgan fingerprint density at radius 3 is 1.92 bits per heavy atom. The Morgan fingerprint density at radius 1 is 0.821 bits per heavy atom. The molecule has 1 atom stereocenters. The van der Waals surface area contributed by atoms with Gasteiger partial charge >= 0.3 is 5.97 Å². The van der Waals surface area contributed by atoms with Gasteiger partial charge in [-0.3, -0.25) is 0 Å². The number of ether oxygens (including phenoxy) is 1. The van der Waals surface area contributed by atoms with Crippen molar-refractivity contribution in [3.05, 3.63) is 70.8 Å². The van der Waals surface area contributed by atoms with Crippen molar-refractivity contribution in [2.75, 3.05) is 13.2 Å². The first kappa shape index (κ1) is 31.1. The summed E-state index contributed by atoms with van der Waals surface area (Å²) in [7, 11) is 0. The molecule has 1 aliphatic rings. The Hall–Kier alpha value is -2.39. The second kappa shape index (κ2) is 16.7. The lowest BCUT2D eigenvalue weighted by atomic mass is 9.77. The normalized spacial score (nSPS) is 18.0. The van der Waals surface area contributed by atoms with Gasteiger partial charge in [-0.1, -0.05) is 119 Å². The monoisotopic (exact) mass is 532 g/mol. The lowest BCUT2D eigenvalue weighted by molar-refractivity contribution is -0.140. The van der Waals surface area contributed by atoms with Crippen molar-refractivity contribution in [2.45, 2.75) is 105 Å². The van der Waals surface area contributed by atoms with Crippen LogP contribution in [0.5, 0.6) is 0 Å². The molecule has 2 aromatic rings. The van der Waals surface area contributed by atoms with Crippen molar-refractivity contribution >= 4 is 5.97 Å². The van der Waals surface area contributed by atoms with Crippen molar-refractivity contribution in [3.63, 3.8) is 0 Å². The van der Waals surface area contributed by atoms with Gasteiger partial charge in [0.25, 0.3) is 0 Å². The first-order valence-electron chi connectivity index (χ1n) is 15.5. The largest absolute Gasteiger partial charge is 0.462 e. The Kier molecular flexibility index (Phi) is 13.3. The molecule has 3 nitrogen and oxygen atoms in total. The number of hydrogen-bond acceptors (Lipinski definition) is 3. The van der Waals surface area contributed by atoms with Gasteiger partial charge in [0, 0.05) is 18.1 Å². The van der Waals surface area contributed by atoms with E-state index in [0.717, 1.165) is 23.0 Å². The summed E-state index contributed by atoms with van der Waals surface area (Å²) in [5.41, 5.74) is 6.61. The standard InChI is InChI=1S/C36H52O3/c1-5-6-7-8-9-29-10-12-30(13-11-29)14-15-31-16-20-34(21-17-31)35-22-18-32(19-23-35)24-33(25-37)26-39-36(38)28(4)27(2)3/h16-23,29-30,33,37H,5-15,24-26H2,1-4H3. The molecule has 1 N–H and O–H groups in total. The van der Waals surface area contributed by atoms with Gasteiger partial charge in [-0.05, 0) is 74.1 Å². The van der Waals surface area contributed by atoms with E-state index >= 15 is 0 Å². The van der Waals surface area contributed by atoms with E-state index in [1.807, 2.05) is 13.8 Å². The van der Waals surface area contributed by atoms with E-state index in [2.05, 4.69) is 55.5 Å². The lowest BCUT2D eigenvalue weighted by Crippen LogP contribution is -2.20. The molecule has 0 bridgehead atoms. The Bertz CT molecular complexity index is 1010. The number of aryl methyl sites for hydroxylation is 1. The number of hydrogen-bond donors (Lipinski definition) is 1. The molecule has 3 heteroatoms. The van der Waals surface area contributed by atoms with E-state index in [1.165, 1.54) is 87.3 Å². The van der Waals surface area contributed by atoms with Crippen LogP contribution in [0.1, 0.15) is 103 Å². The number of unbranched alkanes of at least 4 members (excludes halogenated alkanes) is 3. The highest BCUT2D eigenvalue weighted by Gasteiger charge is 2.20. The summed E-state index contributed by atoms with van der Waals surface area (Å²) in [6, 6.07) is 17.6. The first-order chi connectivity index (χ1) is 18.9. The summed E-state index contributed by atoms with van der Waals surface area (Å²) < 4.78 is 5.42. The van der Waals surface area contributed by atoms with Crippen LogP contribution in [-0.2, 0) is 22.4 Å². The van der Waals surface area contributed by atoms with E-state index in [0.29, 0.717) is 12.0 Å². The molecule has 0 aliphatic heterocycles. The number of benzene rings is 2. The maximum absolute atomic E-state index is 12.1. The minimum Gasteiger partial charge on any atom is -0.462 e. The predicted octanol–water partition coefficient (Wildman–Crippen LogP) is 9.11. The number of carbonyl (C=O) groups excluding carboxylic acids is 1. The van der Waals surface area contributed by atoms with Crippen LogP contribution in [-0.4, -0.2) is 24.3 Å². The number of esters is 1. The number of allylic oxidation sites excluding steroid dienone is 1. The Labute approximate surface area is 238 Å². The summed E-state index contributed by atoms with van der Waals surface area (Å²) in [5, 5.41) is 9.79. The molecular weight excluding hydrogens is 480 g/mol. The van der Waals surface area contributed by atoms with E-state index in [4.69, 9.17) is 4.74 Å². The number of carbonyl (C=O) groups is 1. The fraction of sp³-hybridized carbons (Fsp3) is 0.583. The summed E-state index contributed by atoms with van der Waals surface area (Å²) in [6.45, 7) is 8.09. The van der Waals surface area contributed by atoms with Gasteiger partial charge in [-0.25, -0.2) is 4.79 Å². The van der Waals surface area contributed by atoms with E-state index in [9.17, 15) is 9.90 Å². The van der Waals surface area contributed by atoms with Crippen LogP contribution in [0.15, 0.2) is 59.7 Å². The van der Waals surface area contributed by atoms with Gasteiger partial charge in [0.1, 0.15) is 0 Å². The molecule has 0 heterocycles. The van der Waals surface area contributed by atoms with Gasteiger partial charge in [-0.15, -0.1) is 0 Å². The second-order valence-corrected chi connectivity index (χ2v) is 12.1. The van der Waals surface area contributed by atoms with Crippen LogP contribution in [0.2, 0.25) is 0 Å². The molecule has 0 aromatic heterocycles. The molecule has 0 amide bonds. The molecule has 0 saturated heterocycles. The molecule has 3 rings (SSSR count). The zero-order valence-corrected chi connectivity index (χ0v) is 25.0. The van der Waals surface area contributed by atoms with Crippen LogP contribution in [0, 0.1) is 17.8 Å². The Morgan fingerprint density at radius 2 is 1.38 bits per heavy atom. The molecule has 0 spiro atoms. The molecule has 1 saturated carbocycles. The molecular formula is C36H52O3. The fourth-order valence-corrected chi connectivity index (χ4v) is 5.75. The fourth-order valence-electron chi connectivity index (χ4n) is 5.75. The maximum atomic E-state index is 12.1. The summed E-state index contributed by atoms with van der Waals surface area (Å²) in [4.78, 5) is 12.1. The van der Waals surface area contributed by atoms with Crippen LogP contribution >= 0.6 is 0 Å². The zero-order valence-electron chi connectivity index (χ0n) is 25.0. The van der Waals surface area contributed by atoms with Crippen molar-refractivity contribution in [1.29, 1.82) is 0 Å². The molecule has 0 radical (unpaired) electrons. The summed E-state index contributed by atoms with van der Waals surface area (Å²) >= 11 is 0. The topological polar surface area (TPSA) is 46.5 Å². The Balaban J connectivity index is 1.42. The van der Waals surface area contributed by atoms with Gasteiger partial charge in [0.15, 0.2) is 0 Å². The average Bonchev–Trinajstić information content (AvgIpc) is 2.97. The van der Waals surface area contributed by atoms with Crippen LogP contribution in [0.4, 0.5) is 0 Å². The van der Waals surface area contributed by atoms with Crippen molar-refractivity contribution in [2.24, 2.45) is 17.8 Å². The minimum atomic E-state index is -0.298. The SMILES string of the molecule is CCCCCCC1CCC(CCc2ccc(-c3ccc(CC(CO)COC(=O)C(C)=C(C)C)cc3)cc2)CC1.